The van der Waals surface area contributed by atoms with Crippen molar-refractivity contribution in [3.63, 3.8) is 0 Å². The lowest BCUT2D eigenvalue weighted by Gasteiger charge is -2.22. The van der Waals surface area contributed by atoms with Crippen molar-refractivity contribution in [2.75, 3.05) is 25.0 Å². The minimum Gasteiger partial charge on any atom is -0.385 e. The van der Waals surface area contributed by atoms with Crippen LogP contribution in [-0.2, 0) is 10.0 Å². The molecule has 0 amide bonds. The van der Waals surface area contributed by atoms with Crippen LogP contribution in [0.15, 0.2) is 29.2 Å². The summed E-state index contributed by atoms with van der Waals surface area (Å²) < 4.78 is 27.4. The second-order valence-corrected chi connectivity index (χ2v) is 8.20. The predicted octanol–water partition coefficient (Wildman–Crippen LogP) is 2.93. The summed E-state index contributed by atoms with van der Waals surface area (Å²) in [6.45, 7) is 4.26. The van der Waals surface area contributed by atoms with E-state index in [1.165, 1.54) is 25.7 Å². The molecule has 2 aliphatic carbocycles. The van der Waals surface area contributed by atoms with Gasteiger partial charge in [-0.1, -0.05) is 0 Å². The summed E-state index contributed by atoms with van der Waals surface area (Å²) in [5, 5.41) is 3.19. The summed E-state index contributed by atoms with van der Waals surface area (Å²) >= 11 is 0. The first-order valence-electron chi connectivity index (χ1n) is 7.93. The standard InChI is InChI=1S/C16H24N2O2S/c1-2-17-15-7-9-16(10-8-15)21(19,20)18(11-13-3-4-13)12-14-5-6-14/h7-10,13-14,17H,2-6,11-12H2,1H3. The van der Waals surface area contributed by atoms with Crippen LogP contribution < -0.4 is 5.32 Å². The van der Waals surface area contributed by atoms with Gasteiger partial charge in [0.15, 0.2) is 0 Å². The Hall–Kier alpha value is -1.07. The van der Waals surface area contributed by atoms with E-state index >= 15 is 0 Å². The molecule has 3 rings (SSSR count). The Morgan fingerprint density at radius 1 is 1.05 bits per heavy atom. The first-order valence-corrected chi connectivity index (χ1v) is 9.37. The monoisotopic (exact) mass is 308 g/mol. The van der Waals surface area contributed by atoms with Crippen molar-refractivity contribution >= 4 is 15.7 Å². The Bertz CT molecular complexity index is 561. The molecule has 1 aromatic rings. The van der Waals surface area contributed by atoms with Crippen LogP contribution in [0.25, 0.3) is 0 Å². The van der Waals surface area contributed by atoms with Crippen molar-refractivity contribution in [2.24, 2.45) is 11.8 Å². The fourth-order valence-electron chi connectivity index (χ4n) is 2.55. The van der Waals surface area contributed by atoms with Gasteiger partial charge in [0.1, 0.15) is 0 Å². The lowest BCUT2D eigenvalue weighted by atomic mass is 10.3. The van der Waals surface area contributed by atoms with Crippen LogP contribution in [0.5, 0.6) is 0 Å². The predicted molar refractivity (Wildman–Crippen MR) is 84.8 cm³/mol. The largest absolute Gasteiger partial charge is 0.385 e. The zero-order valence-electron chi connectivity index (χ0n) is 12.6. The van der Waals surface area contributed by atoms with E-state index in [1.807, 2.05) is 19.1 Å². The van der Waals surface area contributed by atoms with E-state index in [2.05, 4.69) is 5.32 Å². The smallest absolute Gasteiger partial charge is 0.243 e. The van der Waals surface area contributed by atoms with Crippen molar-refractivity contribution in [2.45, 2.75) is 37.5 Å². The highest BCUT2D eigenvalue weighted by Crippen LogP contribution is 2.36. The van der Waals surface area contributed by atoms with Crippen molar-refractivity contribution in [1.29, 1.82) is 0 Å². The molecule has 0 saturated heterocycles. The zero-order valence-corrected chi connectivity index (χ0v) is 13.4. The highest BCUT2D eigenvalue weighted by Gasteiger charge is 2.35. The molecule has 1 N–H and O–H groups in total. The molecule has 1 aromatic carbocycles. The molecule has 2 fully saturated rings. The van der Waals surface area contributed by atoms with Gasteiger partial charge in [-0.3, -0.25) is 0 Å². The maximum Gasteiger partial charge on any atom is 0.243 e. The van der Waals surface area contributed by atoms with E-state index < -0.39 is 10.0 Å². The minimum absolute atomic E-state index is 0.422. The zero-order chi connectivity index (χ0) is 14.9. The molecule has 0 heterocycles. The summed E-state index contributed by atoms with van der Waals surface area (Å²) in [5.41, 5.74) is 0.965. The molecule has 2 aliphatic rings. The van der Waals surface area contributed by atoms with E-state index in [0.29, 0.717) is 29.8 Å². The summed E-state index contributed by atoms with van der Waals surface area (Å²) in [5.74, 6) is 1.17. The van der Waals surface area contributed by atoms with Gasteiger partial charge in [0.05, 0.1) is 4.90 Å². The average molecular weight is 308 g/mol. The molecule has 116 valence electrons. The van der Waals surface area contributed by atoms with Crippen LogP contribution in [0, 0.1) is 11.8 Å². The molecule has 21 heavy (non-hydrogen) atoms. The fourth-order valence-corrected chi connectivity index (χ4v) is 4.14. The van der Waals surface area contributed by atoms with Crippen LogP contribution in [-0.4, -0.2) is 32.4 Å². The number of benzene rings is 1. The molecule has 0 aromatic heterocycles. The van der Waals surface area contributed by atoms with Gasteiger partial charge < -0.3 is 5.32 Å². The minimum atomic E-state index is -3.34. The van der Waals surface area contributed by atoms with Gasteiger partial charge in [0.25, 0.3) is 0 Å². The SMILES string of the molecule is CCNc1ccc(S(=O)(=O)N(CC2CC2)CC2CC2)cc1. The molecule has 0 atom stereocenters. The van der Waals surface area contributed by atoms with E-state index in [1.54, 1.807) is 16.4 Å². The lowest BCUT2D eigenvalue weighted by molar-refractivity contribution is 0.382. The summed E-state index contributed by atoms with van der Waals surface area (Å²) in [6, 6.07) is 7.14. The van der Waals surface area contributed by atoms with Gasteiger partial charge in [-0.25, -0.2) is 8.42 Å². The maximum atomic E-state index is 12.8. The van der Waals surface area contributed by atoms with E-state index in [4.69, 9.17) is 0 Å². The Kier molecular flexibility index (Phi) is 4.22. The van der Waals surface area contributed by atoms with Crippen LogP contribution >= 0.6 is 0 Å². The van der Waals surface area contributed by atoms with Gasteiger partial charge >= 0.3 is 0 Å². The molecule has 0 aliphatic heterocycles. The second kappa shape index (κ2) is 5.97. The Morgan fingerprint density at radius 2 is 1.57 bits per heavy atom. The number of hydrogen-bond acceptors (Lipinski definition) is 3. The number of hydrogen-bond donors (Lipinski definition) is 1. The molecule has 0 unspecified atom stereocenters. The van der Waals surface area contributed by atoms with E-state index in [0.717, 1.165) is 12.2 Å². The number of sulfonamides is 1. The van der Waals surface area contributed by atoms with Gasteiger partial charge in [-0.05, 0) is 68.7 Å². The summed E-state index contributed by atoms with van der Waals surface area (Å²) in [7, 11) is -3.34. The van der Waals surface area contributed by atoms with Gasteiger partial charge in [0, 0.05) is 25.3 Å². The van der Waals surface area contributed by atoms with Crippen LogP contribution in [0.3, 0.4) is 0 Å². The molecule has 0 radical (unpaired) electrons. The molecule has 5 heteroatoms. The Morgan fingerprint density at radius 3 is 2.00 bits per heavy atom. The molecular formula is C16H24N2O2S. The number of anilines is 1. The summed E-state index contributed by atoms with van der Waals surface area (Å²) in [4.78, 5) is 0.422. The molecule has 4 nitrogen and oxygen atoms in total. The van der Waals surface area contributed by atoms with Crippen LogP contribution in [0.4, 0.5) is 5.69 Å². The van der Waals surface area contributed by atoms with E-state index in [-0.39, 0.29) is 0 Å². The third kappa shape index (κ3) is 3.77. The van der Waals surface area contributed by atoms with Gasteiger partial charge in [0.2, 0.25) is 10.0 Å². The Balaban J connectivity index is 1.77. The molecular weight excluding hydrogens is 284 g/mol. The molecule has 0 bridgehead atoms. The van der Waals surface area contributed by atoms with Crippen LogP contribution in [0.2, 0.25) is 0 Å². The van der Waals surface area contributed by atoms with Crippen LogP contribution in [0.1, 0.15) is 32.6 Å². The average Bonchev–Trinajstić information content (AvgIpc) is 3.34. The van der Waals surface area contributed by atoms with E-state index in [9.17, 15) is 8.42 Å². The highest BCUT2D eigenvalue weighted by atomic mass is 32.2. The maximum absolute atomic E-state index is 12.8. The van der Waals surface area contributed by atoms with Gasteiger partial charge in [-0.2, -0.15) is 4.31 Å². The molecule has 0 spiro atoms. The number of rotatable bonds is 8. The second-order valence-electron chi connectivity index (χ2n) is 6.26. The first-order chi connectivity index (χ1) is 10.1. The normalized spacial score (nSPS) is 19.0. The fraction of sp³-hybridized carbons (Fsp3) is 0.625. The lowest BCUT2D eigenvalue weighted by Crippen LogP contribution is -2.34. The Labute approximate surface area is 127 Å². The highest BCUT2D eigenvalue weighted by molar-refractivity contribution is 7.89. The summed E-state index contributed by atoms with van der Waals surface area (Å²) in [6.07, 6.45) is 4.71. The van der Waals surface area contributed by atoms with Gasteiger partial charge in [-0.15, -0.1) is 0 Å². The third-order valence-electron chi connectivity index (χ3n) is 4.19. The van der Waals surface area contributed by atoms with Crippen molar-refractivity contribution in [3.05, 3.63) is 24.3 Å². The number of nitrogens with zero attached hydrogens (tertiary/aromatic N) is 1. The first kappa shape index (κ1) is 14.9. The van der Waals surface area contributed by atoms with Crippen molar-refractivity contribution in [3.8, 4) is 0 Å². The molecule has 2 saturated carbocycles. The van der Waals surface area contributed by atoms with Crippen molar-refractivity contribution in [1.82, 2.24) is 4.31 Å². The third-order valence-corrected chi connectivity index (χ3v) is 6.04. The van der Waals surface area contributed by atoms with Crippen molar-refractivity contribution < 1.29 is 8.42 Å². The number of nitrogens with one attached hydrogen (secondary N) is 1. The topological polar surface area (TPSA) is 49.4 Å². The quantitative estimate of drug-likeness (QED) is 0.803.